The molecule has 32 heavy (non-hydrogen) atoms. The van der Waals surface area contributed by atoms with Crippen LogP contribution in [0.2, 0.25) is 0 Å². The van der Waals surface area contributed by atoms with Crippen LogP contribution in [0.1, 0.15) is 49.7 Å². The molecular weight excluding hydrogens is 400 g/mol. The lowest BCUT2D eigenvalue weighted by Crippen LogP contribution is -2.21. The van der Waals surface area contributed by atoms with E-state index in [1.165, 1.54) is 31.2 Å². The summed E-state index contributed by atoms with van der Waals surface area (Å²) < 4.78 is 5.24. The number of nitrogens with one attached hydrogen (secondary N) is 3. The van der Waals surface area contributed by atoms with Gasteiger partial charge >= 0.3 is 0 Å². The van der Waals surface area contributed by atoms with Gasteiger partial charge in [-0.25, -0.2) is 0 Å². The monoisotopic (exact) mass is 432 g/mol. The molecule has 2 aromatic carbocycles. The maximum absolute atomic E-state index is 5.24. The van der Waals surface area contributed by atoms with Crippen LogP contribution in [0.3, 0.4) is 0 Å². The lowest BCUT2D eigenvalue weighted by Gasteiger charge is -2.17. The van der Waals surface area contributed by atoms with Crippen molar-refractivity contribution in [2.75, 3.05) is 23.1 Å². The molecule has 4 rings (SSSR count). The van der Waals surface area contributed by atoms with Crippen LogP contribution in [0.4, 0.5) is 17.8 Å². The first kappa shape index (κ1) is 21.9. The van der Waals surface area contributed by atoms with Gasteiger partial charge in [0, 0.05) is 19.1 Å². The van der Waals surface area contributed by atoms with Gasteiger partial charge in [-0.2, -0.15) is 15.0 Å². The summed E-state index contributed by atoms with van der Waals surface area (Å²) >= 11 is 0. The third-order valence-electron chi connectivity index (χ3n) is 5.73. The van der Waals surface area contributed by atoms with Crippen LogP contribution in [-0.4, -0.2) is 28.1 Å². The SMILES string of the molecule is COc1ccc(CNc2nc(NCc3ccccc3)nc(NC3CCCCCC3)n2)cc1. The fraction of sp³-hybridized carbons (Fsp3) is 0.400. The van der Waals surface area contributed by atoms with Crippen molar-refractivity contribution in [1.29, 1.82) is 0 Å². The quantitative estimate of drug-likeness (QED) is 0.399. The molecule has 1 fully saturated rings. The van der Waals surface area contributed by atoms with Crippen LogP contribution in [-0.2, 0) is 13.1 Å². The van der Waals surface area contributed by atoms with Crippen molar-refractivity contribution in [3.63, 3.8) is 0 Å². The van der Waals surface area contributed by atoms with E-state index in [0.717, 1.165) is 24.2 Å². The van der Waals surface area contributed by atoms with Gasteiger partial charge in [-0.3, -0.25) is 0 Å². The summed E-state index contributed by atoms with van der Waals surface area (Å²) in [7, 11) is 1.67. The molecule has 0 saturated heterocycles. The Morgan fingerprint density at radius 2 is 1.28 bits per heavy atom. The van der Waals surface area contributed by atoms with Gasteiger partial charge in [-0.15, -0.1) is 0 Å². The third-order valence-corrected chi connectivity index (χ3v) is 5.73. The van der Waals surface area contributed by atoms with Gasteiger partial charge in [0.15, 0.2) is 0 Å². The molecule has 3 N–H and O–H groups in total. The molecular formula is C25H32N6O. The van der Waals surface area contributed by atoms with Crippen LogP contribution < -0.4 is 20.7 Å². The minimum Gasteiger partial charge on any atom is -0.497 e. The number of rotatable bonds is 9. The molecule has 0 atom stereocenters. The summed E-state index contributed by atoms with van der Waals surface area (Å²) in [5.41, 5.74) is 2.31. The fourth-order valence-corrected chi connectivity index (χ4v) is 3.91. The Bertz CT molecular complexity index is 956. The number of hydrogen-bond acceptors (Lipinski definition) is 7. The highest BCUT2D eigenvalue weighted by Crippen LogP contribution is 2.21. The second-order valence-electron chi connectivity index (χ2n) is 8.18. The maximum atomic E-state index is 5.24. The van der Waals surface area contributed by atoms with Crippen molar-refractivity contribution < 1.29 is 4.74 Å². The number of hydrogen-bond donors (Lipinski definition) is 3. The number of anilines is 3. The van der Waals surface area contributed by atoms with Crippen molar-refractivity contribution >= 4 is 17.8 Å². The van der Waals surface area contributed by atoms with Crippen LogP contribution in [0.5, 0.6) is 5.75 Å². The van der Waals surface area contributed by atoms with Crippen molar-refractivity contribution in [2.24, 2.45) is 0 Å². The highest BCUT2D eigenvalue weighted by molar-refractivity contribution is 5.43. The van der Waals surface area contributed by atoms with Crippen LogP contribution in [0, 0.1) is 0 Å². The highest BCUT2D eigenvalue weighted by atomic mass is 16.5. The number of benzene rings is 2. The Kier molecular flexibility index (Phi) is 7.74. The molecule has 1 saturated carbocycles. The molecule has 0 spiro atoms. The number of methoxy groups -OCH3 is 1. The van der Waals surface area contributed by atoms with E-state index in [9.17, 15) is 0 Å². The maximum Gasteiger partial charge on any atom is 0.229 e. The molecule has 0 unspecified atom stereocenters. The summed E-state index contributed by atoms with van der Waals surface area (Å²) in [5, 5.41) is 10.2. The molecule has 0 aliphatic heterocycles. The zero-order chi connectivity index (χ0) is 22.0. The predicted molar refractivity (Wildman–Crippen MR) is 129 cm³/mol. The smallest absolute Gasteiger partial charge is 0.229 e. The molecule has 168 valence electrons. The van der Waals surface area contributed by atoms with Crippen LogP contribution >= 0.6 is 0 Å². The number of ether oxygens (including phenoxy) is 1. The molecule has 1 aliphatic carbocycles. The van der Waals surface area contributed by atoms with Crippen LogP contribution in [0.15, 0.2) is 54.6 Å². The zero-order valence-corrected chi connectivity index (χ0v) is 18.7. The normalized spacial score (nSPS) is 14.4. The predicted octanol–water partition coefficient (Wildman–Crippen LogP) is 5.24. The zero-order valence-electron chi connectivity index (χ0n) is 18.7. The summed E-state index contributed by atoms with van der Waals surface area (Å²) in [6.07, 6.45) is 7.46. The molecule has 0 amide bonds. The first-order chi connectivity index (χ1) is 15.8. The third kappa shape index (κ3) is 6.57. The molecule has 1 heterocycles. The Labute approximate surface area is 190 Å². The minimum atomic E-state index is 0.413. The Hall–Kier alpha value is -3.35. The van der Waals surface area contributed by atoms with Gasteiger partial charge < -0.3 is 20.7 Å². The van der Waals surface area contributed by atoms with Crippen LogP contribution in [0.25, 0.3) is 0 Å². The number of nitrogens with zero attached hydrogens (tertiary/aromatic N) is 3. The van der Waals surface area contributed by atoms with E-state index in [2.05, 4.69) is 43.0 Å². The second-order valence-corrected chi connectivity index (χ2v) is 8.18. The minimum absolute atomic E-state index is 0.413. The van der Waals surface area contributed by atoms with E-state index in [4.69, 9.17) is 4.74 Å². The Morgan fingerprint density at radius 3 is 1.88 bits per heavy atom. The number of aromatic nitrogens is 3. The highest BCUT2D eigenvalue weighted by Gasteiger charge is 2.15. The average Bonchev–Trinajstić information content (AvgIpc) is 3.11. The molecule has 3 aromatic rings. The van der Waals surface area contributed by atoms with Gasteiger partial charge in [0.25, 0.3) is 0 Å². The Balaban J connectivity index is 1.47. The van der Waals surface area contributed by atoms with Gasteiger partial charge in [0.05, 0.1) is 7.11 Å². The first-order valence-corrected chi connectivity index (χ1v) is 11.5. The lowest BCUT2D eigenvalue weighted by molar-refractivity contribution is 0.414. The van der Waals surface area contributed by atoms with Crippen molar-refractivity contribution in [3.05, 3.63) is 65.7 Å². The topological polar surface area (TPSA) is 84.0 Å². The average molecular weight is 433 g/mol. The fourth-order valence-electron chi connectivity index (χ4n) is 3.91. The van der Waals surface area contributed by atoms with E-state index in [0.29, 0.717) is 37.0 Å². The second kappa shape index (κ2) is 11.3. The van der Waals surface area contributed by atoms with E-state index >= 15 is 0 Å². The lowest BCUT2D eigenvalue weighted by atomic mass is 10.1. The Morgan fingerprint density at radius 1 is 0.719 bits per heavy atom. The summed E-state index contributed by atoms with van der Waals surface area (Å²) in [6, 6.07) is 18.6. The summed E-state index contributed by atoms with van der Waals surface area (Å²) in [5.74, 6) is 2.59. The molecule has 7 nitrogen and oxygen atoms in total. The molecule has 7 heteroatoms. The van der Waals surface area contributed by atoms with E-state index in [-0.39, 0.29) is 0 Å². The van der Waals surface area contributed by atoms with Crippen molar-refractivity contribution in [2.45, 2.75) is 57.7 Å². The van der Waals surface area contributed by atoms with Gasteiger partial charge in [0.1, 0.15) is 5.75 Å². The summed E-state index contributed by atoms with van der Waals surface area (Å²) in [6.45, 7) is 1.28. The molecule has 0 bridgehead atoms. The molecule has 1 aliphatic rings. The van der Waals surface area contributed by atoms with E-state index < -0.39 is 0 Å². The standard InChI is InChI=1S/C25H32N6O/c1-32-22-15-13-20(14-16-22)18-27-24-29-23(26-17-19-9-5-4-6-10-19)30-25(31-24)28-21-11-7-2-3-8-12-21/h4-6,9-10,13-16,21H,2-3,7-8,11-12,17-18H2,1H3,(H3,26,27,28,29,30,31). The van der Waals surface area contributed by atoms with E-state index in [1.807, 2.05) is 42.5 Å². The first-order valence-electron chi connectivity index (χ1n) is 11.5. The van der Waals surface area contributed by atoms with E-state index in [1.54, 1.807) is 7.11 Å². The molecule has 1 aromatic heterocycles. The van der Waals surface area contributed by atoms with Gasteiger partial charge in [-0.1, -0.05) is 68.1 Å². The van der Waals surface area contributed by atoms with Gasteiger partial charge in [0.2, 0.25) is 17.8 Å². The largest absolute Gasteiger partial charge is 0.497 e. The summed E-state index contributed by atoms with van der Waals surface area (Å²) in [4.78, 5) is 13.9. The molecule has 0 radical (unpaired) electrons. The van der Waals surface area contributed by atoms with Gasteiger partial charge in [-0.05, 0) is 36.1 Å². The van der Waals surface area contributed by atoms with Crippen molar-refractivity contribution in [3.8, 4) is 5.75 Å². The van der Waals surface area contributed by atoms with Crippen molar-refractivity contribution in [1.82, 2.24) is 15.0 Å².